The van der Waals surface area contributed by atoms with Crippen molar-refractivity contribution in [3.8, 4) is 0 Å². The molecule has 0 saturated carbocycles. The largest absolute Gasteiger partial charge is 0.481 e. The van der Waals surface area contributed by atoms with Gasteiger partial charge < -0.3 is 5.11 Å². The molecule has 0 aliphatic rings. The summed E-state index contributed by atoms with van der Waals surface area (Å²) in [5, 5.41) is 10.9. The van der Waals surface area contributed by atoms with Gasteiger partial charge in [-0.3, -0.25) is 9.78 Å². The number of carboxylic acids is 1. The van der Waals surface area contributed by atoms with Gasteiger partial charge in [-0.1, -0.05) is 18.2 Å². The number of hydrogen-bond donors (Lipinski definition) is 1. The fourth-order valence-corrected chi connectivity index (χ4v) is 1.80. The van der Waals surface area contributed by atoms with E-state index in [1.807, 2.05) is 37.4 Å². The van der Waals surface area contributed by atoms with Gasteiger partial charge in [0.05, 0.1) is 0 Å². The first-order valence-corrected chi connectivity index (χ1v) is 5.23. The molecule has 16 heavy (non-hydrogen) atoms. The van der Waals surface area contributed by atoms with Gasteiger partial charge in [0.1, 0.15) is 0 Å². The van der Waals surface area contributed by atoms with Crippen LogP contribution >= 0.6 is 0 Å². The Bertz CT molecular complexity index is 534. The molecule has 0 aliphatic carbocycles. The number of carboxylic acid groups (broad SMARTS) is 1. The van der Waals surface area contributed by atoms with E-state index < -0.39 is 5.97 Å². The third-order valence-corrected chi connectivity index (χ3v) is 2.60. The quantitative estimate of drug-likeness (QED) is 0.856. The van der Waals surface area contributed by atoms with Crippen molar-refractivity contribution >= 4 is 16.7 Å². The number of benzene rings is 1. The molecule has 0 radical (unpaired) electrons. The number of carbonyl (C=O) groups is 1. The molecule has 0 amide bonds. The van der Waals surface area contributed by atoms with E-state index in [9.17, 15) is 4.79 Å². The summed E-state index contributed by atoms with van der Waals surface area (Å²) < 4.78 is 0. The van der Waals surface area contributed by atoms with Gasteiger partial charge in [0.15, 0.2) is 0 Å². The van der Waals surface area contributed by atoms with Gasteiger partial charge in [-0.15, -0.1) is 0 Å². The van der Waals surface area contributed by atoms with Crippen LogP contribution in [0, 0.1) is 6.92 Å². The van der Waals surface area contributed by atoms with Crippen LogP contribution < -0.4 is 0 Å². The average molecular weight is 215 g/mol. The van der Waals surface area contributed by atoms with Crippen molar-refractivity contribution in [1.82, 2.24) is 4.98 Å². The van der Waals surface area contributed by atoms with Crippen LogP contribution in [-0.2, 0) is 11.2 Å². The van der Waals surface area contributed by atoms with Crippen molar-refractivity contribution in [3.05, 3.63) is 41.7 Å². The van der Waals surface area contributed by atoms with Crippen LogP contribution in [0.1, 0.15) is 17.7 Å². The minimum Gasteiger partial charge on any atom is -0.481 e. The lowest BCUT2D eigenvalue weighted by Crippen LogP contribution is -1.98. The molecule has 2 rings (SSSR count). The van der Waals surface area contributed by atoms with Gasteiger partial charge in [0, 0.05) is 23.7 Å². The number of hydrogen-bond acceptors (Lipinski definition) is 2. The van der Waals surface area contributed by atoms with E-state index in [4.69, 9.17) is 5.11 Å². The third kappa shape index (κ3) is 2.19. The Balaban J connectivity index is 2.43. The van der Waals surface area contributed by atoms with Crippen molar-refractivity contribution < 1.29 is 9.90 Å². The SMILES string of the molecule is Cc1cc2c(CCC(=O)O)cccc2cn1. The predicted octanol–water partition coefficient (Wildman–Crippen LogP) is 2.56. The normalized spacial score (nSPS) is 10.6. The van der Waals surface area contributed by atoms with Gasteiger partial charge in [0.25, 0.3) is 0 Å². The van der Waals surface area contributed by atoms with Gasteiger partial charge >= 0.3 is 5.97 Å². The number of aliphatic carboxylic acids is 1. The second-order valence-corrected chi connectivity index (χ2v) is 3.86. The summed E-state index contributed by atoms with van der Waals surface area (Å²) in [6.45, 7) is 1.94. The Kier molecular flexibility index (Phi) is 2.86. The Morgan fingerprint density at radius 1 is 1.44 bits per heavy atom. The lowest BCUT2D eigenvalue weighted by molar-refractivity contribution is -0.136. The van der Waals surface area contributed by atoms with Crippen molar-refractivity contribution in [2.24, 2.45) is 0 Å². The molecule has 1 aromatic heterocycles. The maximum Gasteiger partial charge on any atom is 0.303 e. The molecular formula is C13H13NO2. The van der Waals surface area contributed by atoms with E-state index >= 15 is 0 Å². The molecule has 0 spiro atoms. The van der Waals surface area contributed by atoms with E-state index in [0.29, 0.717) is 6.42 Å². The molecule has 0 saturated heterocycles. The molecule has 1 aromatic carbocycles. The number of pyridine rings is 1. The van der Waals surface area contributed by atoms with Gasteiger partial charge in [-0.2, -0.15) is 0 Å². The number of fused-ring (bicyclic) bond motifs is 1. The molecule has 1 heterocycles. The number of rotatable bonds is 3. The van der Waals surface area contributed by atoms with Crippen LogP contribution in [0.25, 0.3) is 10.8 Å². The average Bonchev–Trinajstić information content (AvgIpc) is 2.26. The molecule has 0 aliphatic heterocycles. The van der Waals surface area contributed by atoms with Gasteiger partial charge in [-0.25, -0.2) is 0 Å². The molecule has 82 valence electrons. The smallest absolute Gasteiger partial charge is 0.303 e. The van der Waals surface area contributed by atoms with E-state index in [-0.39, 0.29) is 6.42 Å². The second-order valence-electron chi connectivity index (χ2n) is 3.86. The Morgan fingerprint density at radius 2 is 2.25 bits per heavy atom. The summed E-state index contributed by atoms with van der Waals surface area (Å²) in [5.41, 5.74) is 2.03. The van der Waals surface area contributed by atoms with Crippen molar-refractivity contribution in [2.75, 3.05) is 0 Å². The van der Waals surface area contributed by atoms with E-state index in [1.54, 1.807) is 0 Å². The van der Waals surface area contributed by atoms with Gasteiger partial charge in [0.2, 0.25) is 0 Å². The minimum atomic E-state index is -0.761. The summed E-state index contributed by atoms with van der Waals surface area (Å²) in [6.07, 6.45) is 2.56. The Hall–Kier alpha value is -1.90. The molecule has 0 fully saturated rings. The van der Waals surface area contributed by atoms with Crippen LogP contribution in [0.4, 0.5) is 0 Å². The monoisotopic (exact) mass is 215 g/mol. The first-order valence-electron chi connectivity index (χ1n) is 5.23. The fourth-order valence-electron chi connectivity index (χ4n) is 1.80. The number of aryl methyl sites for hydroxylation is 2. The first kappa shape index (κ1) is 10.6. The zero-order valence-electron chi connectivity index (χ0n) is 9.10. The molecule has 0 bridgehead atoms. The van der Waals surface area contributed by atoms with Crippen LogP contribution in [0.5, 0.6) is 0 Å². The van der Waals surface area contributed by atoms with E-state index in [2.05, 4.69) is 4.98 Å². The maximum atomic E-state index is 10.6. The highest BCUT2D eigenvalue weighted by molar-refractivity contribution is 5.85. The highest BCUT2D eigenvalue weighted by Gasteiger charge is 2.04. The lowest BCUT2D eigenvalue weighted by atomic mass is 10.0. The van der Waals surface area contributed by atoms with Crippen molar-refractivity contribution in [3.63, 3.8) is 0 Å². The molecular weight excluding hydrogens is 202 g/mol. The summed E-state index contributed by atoms with van der Waals surface area (Å²) in [7, 11) is 0. The first-order chi connectivity index (χ1) is 7.66. The number of aromatic nitrogens is 1. The summed E-state index contributed by atoms with van der Waals surface area (Å²) >= 11 is 0. The van der Waals surface area contributed by atoms with Crippen LogP contribution in [0.3, 0.4) is 0 Å². The summed E-state index contributed by atoms with van der Waals surface area (Å²) in [6, 6.07) is 7.92. The standard InChI is InChI=1S/C13H13NO2/c1-9-7-12-10(5-6-13(15)16)3-2-4-11(12)8-14-9/h2-4,7-8H,5-6H2,1H3,(H,15,16). The lowest BCUT2D eigenvalue weighted by Gasteiger charge is -2.05. The zero-order valence-corrected chi connectivity index (χ0v) is 9.10. The Morgan fingerprint density at radius 3 is 3.00 bits per heavy atom. The fraction of sp³-hybridized carbons (Fsp3) is 0.231. The summed E-state index contributed by atoms with van der Waals surface area (Å²) in [4.78, 5) is 14.8. The van der Waals surface area contributed by atoms with Crippen LogP contribution in [-0.4, -0.2) is 16.1 Å². The topological polar surface area (TPSA) is 50.2 Å². The zero-order chi connectivity index (χ0) is 11.5. The highest BCUT2D eigenvalue weighted by atomic mass is 16.4. The Labute approximate surface area is 93.7 Å². The maximum absolute atomic E-state index is 10.6. The predicted molar refractivity (Wildman–Crippen MR) is 62.4 cm³/mol. The molecule has 0 atom stereocenters. The molecule has 3 nitrogen and oxygen atoms in total. The third-order valence-electron chi connectivity index (χ3n) is 2.60. The molecule has 3 heteroatoms. The van der Waals surface area contributed by atoms with Crippen LogP contribution in [0.15, 0.2) is 30.5 Å². The molecule has 1 N–H and O–H groups in total. The van der Waals surface area contributed by atoms with Crippen molar-refractivity contribution in [2.45, 2.75) is 19.8 Å². The highest BCUT2D eigenvalue weighted by Crippen LogP contribution is 2.20. The minimum absolute atomic E-state index is 0.167. The van der Waals surface area contributed by atoms with Crippen LogP contribution in [0.2, 0.25) is 0 Å². The van der Waals surface area contributed by atoms with E-state index in [1.165, 1.54) is 0 Å². The second kappa shape index (κ2) is 4.31. The number of nitrogens with zero attached hydrogens (tertiary/aromatic N) is 1. The van der Waals surface area contributed by atoms with E-state index in [0.717, 1.165) is 22.0 Å². The molecule has 0 unspecified atom stereocenters. The summed E-state index contributed by atoms with van der Waals surface area (Å²) in [5.74, 6) is -0.761. The molecule has 2 aromatic rings. The van der Waals surface area contributed by atoms with Crippen molar-refractivity contribution in [1.29, 1.82) is 0 Å². The van der Waals surface area contributed by atoms with Gasteiger partial charge in [-0.05, 0) is 30.4 Å².